The molecular weight excluding hydrogens is 251 g/mol. The van der Waals surface area contributed by atoms with Crippen LogP contribution in [0.3, 0.4) is 0 Å². The number of benzene rings is 1. The van der Waals surface area contributed by atoms with E-state index in [4.69, 9.17) is 11.6 Å². The average molecular weight is 271 g/mol. The van der Waals surface area contributed by atoms with Gasteiger partial charge in [-0.05, 0) is 37.6 Å². The standard InChI is InChI=1S/C14H20ClFN2/c1-3-6-18(12-8-17-9-12)10(2)13-5-4-11(16)7-14(13)15/h4-5,7,10,12,17H,3,6,8-9H2,1-2H3. The molecule has 4 heteroatoms. The minimum atomic E-state index is -0.275. The maximum atomic E-state index is 13.1. The van der Waals surface area contributed by atoms with Gasteiger partial charge >= 0.3 is 0 Å². The second-order valence-corrected chi connectivity index (χ2v) is 5.30. The van der Waals surface area contributed by atoms with Gasteiger partial charge in [0.2, 0.25) is 0 Å². The molecule has 1 saturated heterocycles. The van der Waals surface area contributed by atoms with Crippen LogP contribution in [-0.2, 0) is 0 Å². The van der Waals surface area contributed by atoms with Crippen molar-refractivity contribution < 1.29 is 4.39 Å². The van der Waals surface area contributed by atoms with E-state index >= 15 is 0 Å². The second kappa shape index (κ2) is 6.00. The molecule has 18 heavy (non-hydrogen) atoms. The molecule has 0 radical (unpaired) electrons. The molecule has 1 atom stereocenters. The van der Waals surface area contributed by atoms with E-state index < -0.39 is 0 Å². The van der Waals surface area contributed by atoms with E-state index in [0.717, 1.165) is 31.6 Å². The van der Waals surface area contributed by atoms with Crippen LogP contribution in [0.4, 0.5) is 4.39 Å². The van der Waals surface area contributed by atoms with Crippen molar-refractivity contribution in [2.75, 3.05) is 19.6 Å². The highest BCUT2D eigenvalue weighted by Crippen LogP contribution is 2.30. The third kappa shape index (κ3) is 2.85. The van der Waals surface area contributed by atoms with E-state index in [1.807, 2.05) is 0 Å². The molecule has 1 heterocycles. The normalized spacial score (nSPS) is 17.8. The van der Waals surface area contributed by atoms with Crippen LogP contribution in [0.1, 0.15) is 31.9 Å². The Morgan fingerprint density at radius 2 is 2.22 bits per heavy atom. The summed E-state index contributed by atoms with van der Waals surface area (Å²) in [5.41, 5.74) is 1.01. The fourth-order valence-electron chi connectivity index (χ4n) is 2.48. The summed E-state index contributed by atoms with van der Waals surface area (Å²) in [6.45, 7) is 7.43. The van der Waals surface area contributed by atoms with Crippen LogP contribution in [0.15, 0.2) is 18.2 Å². The van der Waals surface area contributed by atoms with Crippen LogP contribution in [-0.4, -0.2) is 30.6 Å². The Bertz CT molecular complexity index is 407. The quantitative estimate of drug-likeness (QED) is 0.884. The second-order valence-electron chi connectivity index (χ2n) is 4.89. The summed E-state index contributed by atoms with van der Waals surface area (Å²) in [6.07, 6.45) is 1.11. The third-order valence-electron chi connectivity index (χ3n) is 3.62. The minimum Gasteiger partial charge on any atom is -0.314 e. The Hall–Kier alpha value is -0.640. The minimum absolute atomic E-state index is 0.227. The number of hydrogen-bond acceptors (Lipinski definition) is 2. The zero-order chi connectivity index (χ0) is 13.1. The lowest BCUT2D eigenvalue weighted by Crippen LogP contribution is -2.57. The highest BCUT2D eigenvalue weighted by molar-refractivity contribution is 6.31. The largest absolute Gasteiger partial charge is 0.314 e. The third-order valence-corrected chi connectivity index (χ3v) is 3.95. The molecule has 0 bridgehead atoms. The molecule has 2 nitrogen and oxygen atoms in total. The van der Waals surface area contributed by atoms with Gasteiger partial charge in [-0.15, -0.1) is 0 Å². The number of halogens is 2. The zero-order valence-electron chi connectivity index (χ0n) is 10.9. The molecule has 1 aromatic carbocycles. The Kier molecular flexibility index (Phi) is 4.60. The van der Waals surface area contributed by atoms with Crippen LogP contribution in [0.5, 0.6) is 0 Å². The topological polar surface area (TPSA) is 15.3 Å². The molecule has 0 aromatic heterocycles. The van der Waals surface area contributed by atoms with E-state index in [2.05, 4.69) is 24.1 Å². The SMILES string of the molecule is CCCN(C1CNC1)C(C)c1ccc(F)cc1Cl. The number of nitrogens with one attached hydrogen (secondary N) is 1. The summed E-state index contributed by atoms with van der Waals surface area (Å²) in [5, 5.41) is 3.82. The van der Waals surface area contributed by atoms with Gasteiger partial charge in [0.05, 0.1) is 0 Å². The van der Waals surface area contributed by atoms with Gasteiger partial charge in [0, 0.05) is 30.2 Å². The first-order chi connectivity index (χ1) is 8.63. The maximum Gasteiger partial charge on any atom is 0.124 e. The van der Waals surface area contributed by atoms with Gasteiger partial charge in [0.1, 0.15) is 5.82 Å². The van der Waals surface area contributed by atoms with Gasteiger partial charge in [-0.1, -0.05) is 24.6 Å². The van der Waals surface area contributed by atoms with Gasteiger partial charge in [-0.25, -0.2) is 4.39 Å². The van der Waals surface area contributed by atoms with Crippen molar-refractivity contribution in [2.45, 2.75) is 32.4 Å². The summed E-state index contributed by atoms with van der Waals surface area (Å²) < 4.78 is 13.1. The molecular formula is C14H20ClFN2. The summed E-state index contributed by atoms with van der Waals surface area (Å²) in [6, 6.07) is 5.49. The number of nitrogens with zero attached hydrogens (tertiary/aromatic N) is 1. The molecule has 2 rings (SSSR count). The lowest BCUT2D eigenvalue weighted by Gasteiger charge is -2.42. The average Bonchev–Trinajstić information content (AvgIpc) is 2.25. The van der Waals surface area contributed by atoms with Crippen molar-refractivity contribution >= 4 is 11.6 Å². The molecule has 0 spiro atoms. The van der Waals surface area contributed by atoms with Crippen molar-refractivity contribution in [2.24, 2.45) is 0 Å². The van der Waals surface area contributed by atoms with Gasteiger partial charge < -0.3 is 5.32 Å². The maximum absolute atomic E-state index is 13.1. The molecule has 1 N–H and O–H groups in total. The van der Waals surface area contributed by atoms with Gasteiger partial charge in [-0.3, -0.25) is 4.90 Å². The highest BCUT2D eigenvalue weighted by Gasteiger charge is 2.29. The Morgan fingerprint density at radius 3 is 2.72 bits per heavy atom. The molecule has 0 aliphatic carbocycles. The van der Waals surface area contributed by atoms with Crippen molar-refractivity contribution in [3.8, 4) is 0 Å². The monoisotopic (exact) mass is 270 g/mol. The zero-order valence-corrected chi connectivity index (χ0v) is 11.7. The Balaban J connectivity index is 2.18. The van der Waals surface area contributed by atoms with Crippen LogP contribution in [0.25, 0.3) is 0 Å². The Morgan fingerprint density at radius 1 is 1.50 bits per heavy atom. The van der Waals surface area contributed by atoms with Crippen molar-refractivity contribution in [1.29, 1.82) is 0 Å². The van der Waals surface area contributed by atoms with Crippen molar-refractivity contribution in [3.63, 3.8) is 0 Å². The van der Waals surface area contributed by atoms with Crippen LogP contribution < -0.4 is 5.32 Å². The fraction of sp³-hybridized carbons (Fsp3) is 0.571. The van der Waals surface area contributed by atoms with Gasteiger partial charge in [-0.2, -0.15) is 0 Å². The predicted molar refractivity (Wildman–Crippen MR) is 73.5 cm³/mol. The van der Waals surface area contributed by atoms with E-state index in [1.54, 1.807) is 6.07 Å². The molecule has 1 unspecified atom stereocenters. The molecule has 1 aliphatic heterocycles. The van der Waals surface area contributed by atoms with E-state index in [1.165, 1.54) is 12.1 Å². The molecule has 100 valence electrons. The predicted octanol–water partition coefficient (Wildman–Crippen LogP) is 3.22. The van der Waals surface area contributed by atoms with Crippen LogP contribution >= 0.6 is 11.6 Å². The number of hydrogen-bond donors (Lipinski definition) is 1. The summed E-state index contributed by atoms with van der Waals surface area (Å²) in [7, 11) is 0. The van der Waals surface area contributed by atoms with E-state index in [0.29, 0.717) is 11.1 Å². The van der Waals surface area contributed by atoms with E-state index in [-0.39, 0.29) is 11.9 Å². The van der Waals surface area contributed by atoms with Crippen molar-refractivity contribution in [3.05, 3.63) is 34.6 Å². The first-order valence-corrected chi connectivity index (χ1v) is 6.92. The fourth-order valence-corrected chi connectivity index (χ4v) is 2.80. The first kappa shape index (κ1) is 13.8. The summed E-state index contributed by atoms with van der Waals surface area (Å²) >= 11 is 6.15. The highest BCUT2D eigenvalue weighted by atomic mass is 35.5. The van der Waals surface area contributed by atoms with E-state index in [9.17, 15) is 4.39 Å². The van der Waals surface area contributed by atoms with Gasteiger partial charge in [0.25, 0.3) is 0 Å². The Labute approximate surface area is 113 Å². The lowest BCUT2D eigenvalue weighted by atomic mass is 10.0. The smallest absolute Gasteiger partial charge is 0.124 e. The first-order valence-electron chi connectivity index (χ1n) is 6.55. The molecule has 0 amide bonds. The molecule has 0 saturated carbocycles. The lowest BCUT2D eigenvalue weighted by molar-refractivity contribution is 0.103. The van der Waals surface area contributed by atoms with Crippen LogP contribution in [0.2, 0.25) is 5.02 Å². The van der Waals surface area contributed by atoms with Gasteiger partial charge in [0.15, 0.2) is 0 Å². The number of rotatable bonds is 5. The summed E-state index contributed by atoms with van der Waals surface area (Å²) in [4.78, 5) is 2.45. The molecule has 1 aromatic rings. The van der Waals surface area contributed by atoms with Crippen molar-refractivity contribution in [1.82, 2.24) is 10.2 Å². The summed E-state index contributed by atoms with van der Waals surface area (Å²) in [5.74, 6) is -0.275. The molecule has 1 aliphatic rings. The molecule has 1 fully saturated rings. The van der Waals surface area contributed by atoms with Crippen LogP contribution in [0, 0.1) is 5.82 Å².